The molecule has 1 aromatic carbocycles. The molecule has 1 aromatic heterocycles. The Kier molecular flexibility index (Phi) is 4.38. The number of hydrogen-bond donors (Lipinski definition) is 1. The van der Waals surface area contributed by atoms with Crippen LogP contribution in [-0.4, -0.2) is 41.6 Å². The average molecular weight is 379 g/mol. The Hall–Kier alpha value is -2.26. The first-order chi connectivity index (χ1) is 11.8. The number of hydrogen-bond acceptors (Lipinski definition) is 6. The maximum Gasteiger partial charge on any atom is 0.274 e. The molecule has 0 aliphatic carbocycles. The zero-order valence-corrected chi connectivity index (χ0v) is 15.6. The van der Waals surface area contributed by atoms with Gasteiger partial charge in [0.25, 0.3) is 5.56 Å². The summed E-state index contributed by atoms with van der Waals surface area (Å²) in [6.45, 7) is 1.78. The summed E-state index contributed by atoms with van der Waals surface area (Å²) < 4.78 is 26.1. The molecule has 132 valence electrons. The zero-order valence-electron chi connectivity index (χ0n) is 14.0. The van der Waals surface area contributed by atoms with Crippen LogP contribution in [0.2, 0.25) is 0 Å². The van der Waals surface area contributed by atoms with Gasteiger partial charge in [0.15, 0.2) is 9.84 Å². The molecule has 2 aromatic rings. The van der Waals surface area contributed by atoms with Crippen molar-refractivity contribution in [3.05, 3.63) is 50.9 Å². The lowest BCUT2D eigenvalue weighted by molar-refractivity contribution is 0.213. The van der Waals surface area contributed by atoms with E-state index in [1.807, 2.05) is 0 Å². The fourth-order valence-electron chi connectivity index (χ4n) is 2.99. The van der Waals surface area contributed by atoms with Gasteiger partial charge in [0, 0.05) is 25.2 Å². The van der Waals surface area contributed by atoms with E-state index in [2.05, 4.69) is 10.3 Å². The van der Waals surface area contributed by atoms with E-state index < -0.39 is 9.84 Å². The number of aromatic amines is 1. The molecule has 0 bridgehead atoms. The Labute approximate surface area is 150 Å². The molecule has 7 nitrogen and oxygen atoms in total. The third kappa shape index (κ3) is 2.83. The maximum absolute atomic E-state index is 12.4. The van der Waals surface area contributed by atoms with E-state index in [4.69, 9.17) is 17.1 Å². The number of thiocarbonyl (C=S) groups is 1. The molecule has 0 unspecified atom stereocenters. The number of H-pyrrole nitrogens is 1. The SMILES string of the molecule is CO/N=C1\CCS(=O)(=O)c2ccc(C(=S)c3c[nH]n(C)c3=O)c(C)c21. The summed E-state index contributed by atoms with van der Waals surface area (Å²) in [5.41, 5.74) is 2.51. The number of nitrogens with one attached hydrogen (secondary N) is 1. The number of aryl methyl sites for hydroxylation is 1. The molecular formula is C16H17N3O4S2. The third-order valence-electron chi connectivity index (χ3n) is 4.29. The Bertz CT molecular complexity index is 1060. The molecule has 0 amide bonds. The highest BCUT2D eigenvalue weighted by Gasteiger charge is 2.31. The summed E-state index contributed by atoms with van der Waals surface area (Å²) >= 11 is 5.49. The second-order valence-corrected chi connectivity index (χ2v) is 8.27. The standard InChI is InChI=1S/C16H17N3O4S2/c1-9-10(15(24)11-8-17-19(2)16(11)20)4-5-13-14(9)12(18-23-3)6-7-25(13,21)22/h4-5,8,17H,6-7H2,1-3H3/b18-12+. The molecule has 1 aliphatic heterocycles. The lowest BCUT2D eigenvalue weighted by Gasteiger charge is -2.21. The van der Waals surface area contributed by atoms with Gasteiger partial charge < -0.3 is 9.94 Å². The van der Waals surface area contributed by atoms with Crippen LogP contribution in [0.25, 0.3) is 0 Å². The third-order valence-corrected chi connectivity index (χ3v) is 6.48. The van der Waals surface area contributed by atoms with Crippen molar-refractivity contribution in [3.8, 4) is 0 Å². The van der Waals surface area contributed by atoms with Crippen molar-refractivity contribution >= 4 is 32.6 Å². The normalized spacial score (nSPS) is 17.3. The number of fused-ring (bicyclic) bond motifs is 1. The lowest BCUT2D eigenvalue weighted by Crippen LogP contribution is -2.25. The highest BCUT2D eigenvalue weighted by Crippen LogP contribution is 2.31. The van der Waals surface area contributed by atoms with Crippen molar-refractivity contribution in [3.63, 3.8) is 0 Å². The Morgan fingerprint density at radius 3 is 2.68 bits per heavy atom. The smallest absolute Gasteiger partial charge is 0.274 e. The first-order valence-corrected chi connectivity index (χ1v) is 9.60. The van der Waals surface area contributed by atoms with Crippen LogP contribution in [0.3, 0.4) is 0 Å². The maximum atomic E-state index is 12.4. The number of benzene rings is 1. The van der Waals surface area contributed by atoms with Gasteiger partial charge in [0.1, 0.15) is 7.11 Å². The van der Waals surface area contributed by atoms with Crippen molar-refractivity contribution < 1.29 is 13.3 Å². The first-order valence-electron chi connectivity index (χ1n) is 7.53. The monoisotopic (exact) mass is 379 g/mol. The molecule has 2 heterocycles. The number of nitrogens with zero attached hydrogens (tertiary/aromatic N) is 2. The van der Waals surface area contributed by atoms with Crippen molar-refractivity contribution in [1.29, 1.82) is 0 Å². The van der Waals surface area contributed by atoms with Crippen LogP contribution in [0.15, 0.2) is 33.2 Å². The van der Waals surface area contributed by atoms with E-state index in [1.54, 1.807) is 26.2 Å². The minimum atomic E-state index is -3.38. The van der Waals surface area contributed by atoms with Crippen molar-refractivity contribution in [2.24, 2.45) is 12.2 Å². The average Bonchev–Trinajstić information content (AvgIpc) is 2.89. The second kappa shape index (κ2) is 6.23. The van der Waals surface area contributed by atoms with Crippen molar-refractivity contribution in [2.75, 3.05) is 12.9 Å². The van der Waals surface area contributed by atoms with E-state index in [0.29, 0.717) is 32.8 Å². The molecule has 0 fully saturated rings. The van der Waals surface area contributed by atoms with Crippen molar-refractivity contribution in [2.45, 2.75) is 18.2 Å². The lowest BCUT2D eigenvalue weighted by atomic mass is 9.94. The van der Waals surface area contributed by atoms with E-state index in [0.717, 1.165) is 0 Å². The van der Waals surface area contributed by atoms with Crippen molar-refractivity contribution in [1.82, 2.24) is 9.78 Å². The summed E-state index contributed by atoms with van der Waals surface area (Å²) in [6.07, 6.45) is 1.82. The van der Waals surface area contributed by atoms with E-state index >= 15 is 0 Å². The fraction of sp³-hybridized carbons (Fsp3) is 0.312. The van der Waals surface area contributed by atoms with Gasteiger partial charge in [-0.25, -0.2) is 8.42 Å². The molecule has 9 heteroatoms. The molecule has 25 heavy (non-hydrogen) atoms. The van der Waals surface area contributed by atoms with Crippen LogP contribution in [0.5, 0.6) is 0 Å². The van der Waals surface area contributed by atoms with Gasteiger partial charge in [0.05, 0.1) is 26.8 Å². The molecule has 0 spiro atoms. The number of rotatable bonds is 3. The Balaban J connectivity index is 2.24. The molecular weight excluding hydrogens is 362 g/mol. The Morgan fingerprint density at radius 1 is 1.36 bits per heavy atom. The molecule has 0 radical (unpaired) electrons. The topological polar surface area (TPSA) is 93.5 Å². The van der Waals surface area contributed by atoms with Gasteiger partial charge in [-0.2, -0.15) is 0 Å². The van der Waals surface area contributed by atoms with E-state index in [1.165, 1.54) is 17.9 Å². The molecule has 1 N–H and O–H groups in total. The molecule has 1 aliphatic rings. The Morgan fingerprint density at radius 2 is 2.08 bits per heavy atom. The summed E-state index contributed by atoms with van der Waals surface area (Å²) in [6, 6.07) is 3.18. The quantitative estimate of drug-likeness (QED) is 0.493. The van der Waals surface area contributed by atoms with Crippen LogP contribution in [-0.2, 0) is 21.7 Å². The minimum absolute atomic E-state index is 0.0101. The number of oxime groups is 1. The van der Waals surface area contributed by atoms with Gasteiger partial charge in [-0.3, -0.25) is 9.48 Å². The predicted octanol–water partition coefficient (Wildman–Crippen LogP) is 1.32. The van der Waals surface area contributed by atoms with Crippen LogP contribution in [0.4, 0.5) is 0 Å². The number of aromatic nitrogens is 2. The molecule has 0 atom stereocenters. The van der Waals surface area contributed by atoms with Crippen LogP contribution in [0.1, 0.15) is 28.7 Å². The van der Waals surface area contributed by atoms with Gasteiger partial charge in [-0.15, -0.1) is 0 Å². The second-order valence-electron chi connectivity index (χ2n) is 5.78. The van der Waals surface area contributed by atoms with Gasteiger partial charge in [0.2, 0.25) is 0 Å². The fourth-order valence-corrected chi connectivity index (χ4v) is 4.89. The highest BCUT2D eigenvalue weighted by molar-refractivity contribution is 7.91. The van der Waals surface area contributed by atoms with Crippen LogP contribution in [0, 0.1) is 6.92 Å². The van der Waals surface area contributed by atoms with Gasteiger partial charge >= 0.3 is 0 Å². The zero-order chi connectivity index (χ0) is 18.4. The molecule has 0 saturated heterocycles. The van der Waals surface area contributed by atoms with Gasteiger partial charge in [-0.05, 0) is 24.1 Å². The highest BCUT2D eigenvalue weighted by atomic mass is 32.2. The van der Waals surface area contributed by atoms with E-state index in [9.17, 15) is 13.2 Å². The van der Waals surface area contributed by atoms with Crippen LogP contribution < -0.4 is 5.56 Å². The summed E-state index contributed by atoms with van der Waals surface area (Å²) in [5.74, 6) is -0.0101. The largest absolute Gasteiger partial charge is 0.399 e. The van der Waals surface area contributed by atoms with E-state index in [-0.39, 0.29) is 22.6 Å². The summed E-state index contributed by atoms with van der Waals surface area (Å²) in [5, 5.41) is 6.77. The number of sulfone groups is 1. The summed E-state index contributed by atoms with van der Waals surface area (Å²) in [7, 11) is -0.358. The predicted molar refractivity (Wildman–Crippen MR) is 98.2 cm³/mol. The minimum Gasteiger partial charge on any atom is -0.399 e. The summed E-state index contributed by atoms with van der Waals surface area (Å²) in [4.78, 5) is 17.6. The molecule has 3 rings (SSSR count). The van der Waals surface area contributed by atoms with Gasteiger partial charge in [-0.1, -0.05) is 23.4 Å². The first kappa shape index (κ1) is 17.6. The van der Waals surface area contributed by atoms with Crippen LogP contribution >= 0.6 is 12.2 Å². The molecule has 0 saturated carbocycles.